The first-order chi connectivity index (χ1) is 16.7. The monoisotopic (exact) mass is 464 g/mol. The fourth-order valence-corrected chi connectivity index (χ4v) is 5.98. The Labute approximate surface area is 202 Å². The van der Waals surface area contributed by atoms with Gasteiger partial charge in [-0.25, -0.2) is 4.79 Å². The summed E-state index contributed by atoms with van der Waals surface area (Å²) in [4.78, 5) is 13.4. The third-order valence-corrected chi connectivity index (χ3v) is 7.48. The average Bonchev–Trinajstić information content (AvgIpc) is 3.40. The fourth-order valence-electron chi connectivity index (χ4n) is 4.95. The molecule has 2 heterocycles. The van der Waals surface area contributed by atoms with E-state index in [1.807, 2.05) is 78.9 Å². The Morgan fingerprint density at radius 2 is 1.68 bits per heavy atom. The van der Waals surface area contributed by atoms with Gasteiger partial charge in [0.05, 0.1) is 11.5 Å². The number of hydrogen-bond donors (Lipinski definition) is 1. The Balaban J connectivity index is 1.94. The second kappa shape index (κ2) is 9.17. The Morgan fingerprint density at radius 1 is 1.00 bits per heavy atom. The summed E-state index contributed by atoms with van der Waals surface area (Å²) in [5.74, 6) is -1.33. The molecule has 0 radical (unpaired) electrons. The molecule has 0 spiro atoms. The van der Waals surface area contributed by atoms with Crippen molar-refractivity contribution >= 4 is 38.3 Å². The van der Waals surface area contributed by atoms with Crippen LogP contribution in [0.3, 0.4) is 0 Å². The number of aromatic nitrogens is 1. The number of carbonyl (C=O) groups is 1. The van der Waals surface area contributed by atoms with E-state index in [2.05, 4.69) is 17.6 Å². The van der Waals surface area contributed by atoms with Gasteiger partial charge in [-0.2, -0.15) is 5.26 Å². The predicted molar refractivity (Wildman–Crippen MR) is 138 cm³/mol. The van der Waals surface area contributed by atoms with Gasteiger partial charge in [0.25, 0.3) is 0 Å². The third kappa shape index (κ3) is 3.57. The highest BCUT2D eigenvalue weighted by molar-refractivity contribution is 7.19. The van der Waals surface area contributed by atoms with Crippen molar-refractivity contribution in [1.29, 1.82) is 5.26 Å². The number of thiophene rings is 1. The van der Waals surface area contributed by atoms with Gasteiger partial charge in [0.2, 0.25) is 0 Å². The normalized spacial score (nSPS) is 12.1. The molecular formula is C29H24N2O2S. The molecule has 5 aromatic rings. The van der Waals surface area contributed by atoms with E-state index in [0.29, 0.717) is 17.0 Å². The second-order valence-corrected chi connectivity index (χ2v) is 9.44. The minimum Gasteiger partial charge on any atom is -0.478 e. The molecule has 0 bridgehead atoms. The maximum absolute atomic E-state index is 12.8. The highest BCUT2D eigenvalue weighted by Gasteiger charge is 2.33. The van der Waals surface area contributed by atoms with E-state index >= 15 is 0 Å². The van der Waals surface area contributed by atoms with Crippen molar-refractivity contribution in [2.45, 2.75) is 32.2 Å². The Morgan fingerprint density at radius 3 is 2.38 bits per heavy atom. The van der Waals surface area contributed by atoms with Crippen LogP contribution in [0.25, 0.3) is 21.0 Å². The molecule has 0 aliphatic rings. The van der Waals surface area contributed by atoms with Gasteiger partial charge in [-0.3, -0.25) is 0 Å². The van der Waals surface area contributed by atoms with Gasteiger partial charge in [0.15, 0.2) is 0 Å². The topological polar surface area (TPSA) is 66.0 Å². The zero-order chi connectivity index (χ0) is 23.7. The van der Waals surface area contributed by atoms with E-state index in [1.54, 1.807) is 0 Å². The number of benzene rings is 3. The number of rotatable bonds is 7. The number of nitriles is 1. The summed E-state index contributed by atoms with van der Waals surface area (Å²) in [5, 5.41) is 22.3. The van der Waals surface area contributed by atoms with E-state index in [1.165, 1.54) is 11.3 Å². The molecule has 0 fully saturated rings. The summed E-state index contributed by atoms with van der Waals surface area (Å²) >= 11 is 1.47. The van der Waals surface area contributed by atoms with Crippen LogP contribution in [0.4, 0.5) is 0 Å². The van der Waals surface area contributed by atoms with Crippen LogP contribution < -0.4 is 0 Å². The smallest absolute Gasteiger partial charge is 0.338 e. The first kappa shape index (κ1) is 21.9. The number of carboxylic acids is 1. The van der Waals surface area contributed by atoms with Gasteiger partial charge >= 0.3 is 5.97 Å². The third-order valence-electron chi connectivity index (χ3n) is 6.39. The number of aryl methyl sites for hydroxylation is 1. The molecule has 168 valence electrons. The molecule has 0 aliphatic heterocycles. The summed E-state index contributed by atoms with van der Waals surface area (Å²) < 4.78 is 3.20. The van der Waals surface area contributed by atoms with Crippen LogP contribution in [0.1, 0.15) is 57.7 Å². The van der Waals surface area contributed by atoms with Crippen molar-refractivity contribution in [3.05, 3.63) is 106 Å². The van der Waals surface area contributed by atoms with Gasteiger partial charge < -0.3 is 9.67 Å². The molecule has 1 atom stereocenters. The molecule has 5 rings (SSSR count). The van der Waals surface area contributed by atoms with Gasteiger partial charge in [0, 0.05) is 33.4 Å². The first-order valence-corrected chi connectivity index (χ1v) is 12.3. The van der Waals surface area contributed by atoms with E-state index in [0.717, 1.165) is 50.7 Å². The molecule has 4 nitrogen and oxygen atoms in total. The van der Waals surface area contributed by atoms with Crippen molar-refractivity contribution in [2.75, 3.05) is 0 Å². The lowest BCUT2D eigenvalue weighted by Crippen LogP contribution is -2.15. The molecule has 0 aliphatic carbocycles. The minimum atomic E-state index is -0.944. The Kier molecular flexibility index (Phi) is 5.91. The number of para-hydroxylation sites is 1. The van der Waals surface area contributed by atoms with Crippen LogP contribution in [-0.2, 0) is 6.54 Å². The SMILES string of the molecule is CCCCn1c(C(c2ccccc2)c2c(C#N)sc3ccccc23)c(C(=O)O)c2ccccc21. The molecule has 34 heavy (non-hydrogen) atoms. The quantitative estimate of drug-likeness (QED) is 0.273. The van der Waals surface area contributed by atoms with Crippen molar-refractivity contribution in [3.63, 3.8) is 0 Å². The maximum Gasteiger partial charge on any atom is 0.338 e. The summed E-state index contributed by atoms with van der Waals surface area (Å²) in [6, 6.07) is 28.1. The number of carboxylic acid groups (broad SMARTS) is 1. The van der Waals surface area contributed by atoms with Crippen molar-refractivity contribution < 1.29 is 9.90 Å². The molecule has 0 saturated carbocycles. The van der Waals surface area contributed by atoms with Crippen LogP contribution in [0.5, 0.6) is 0 Å². The van der Waals surface area contributed by atoms with Crippen LogP contribution in [0, 0.1) is 11.3 Å². The van der Waals surface area contributed by atoms with Crippen molar-refractivity contribution in [2.24, 2.45) is 0 Å². The second-order valence-electron chi connectivity index (χ2n) is 8.38. The largest absolute Gasteiger partial charge is 0.478 e. The Hall–Kier alpha value is -3.88. The zero-order valence-electron chi connectivity index (χ0n) is 18.9. The van der Waals surface area contributed by atoms with Gasteiger partial charge in [-0.1, -0.05) is 80.1 Å². The average molecular weight is 465 g/mol. The Bertz CT molecular complexity index is 1540. The minimum absolute atomic E-state index is 0.319. The number of aromatic carboxylic acids is 1. The summed E-state index contributed by atoms with van der Waals surface area (Å²) in [6.07, 6.45) is 1.93. The van der Waals surface area contributed by atoms with E-state index in [4.69, 9.17) is 0 Å². The first-order valence-electron chi connectivity index (χ1n) is 11.5. The molecule has 5 heteroatoms. The van der Waals surface area contributed by atoms with Gasteiger partial charge in [-0.15, -0.1) is 11.3 Å². The molecule has 1 unspecified atom stereocenters. The van der Waals surface area contributed by atoms with Gasteiger partial charge in [-0.05, 0) is 29.5 Å². The van der Waals surface area contributed by atoms with Crippen molar-refractivity contribution in [3.8, 4) is 6.07 Å². The molecule has 1 N–H and O–H groups in total. The lowest BCUT2D eigenvalue weighted by atomic mass is 9.84. The molecule has 3 aromatic carbocycles. The summed E-state index contributed by atoms with van der Waals surface area (Å²) in [6.45, 7) is 2.85. The molecule has 0 saturated heterocycles. The number of fused-ring (bicyclic) bond motifs is 2. The molecule has 0 amide bonds. The molecular weight excluding hydrogens is 440 g/mol. The standard InChI is InChI=1S/C29H24N2O2S/c1-2-3-17-31-22-15-9-7-13-20(22)27(29(32)33)28(31)25(19-11-5-4-6-12-19)26-21-14-8-10-16-23(21)34-24(26)18-30/h4-16,25H,2-3,17H2,1H3,(H,32,33). The zero-order valence-corrected chi connectivity index (χ0v) is 19.7. The lowest BCUT2D eigenvalue weighted by molar-refractivity contribution is 0.0697. The van der Waals surface area contributed by atoms with Gasteiger partial charge in [0.1, 0.15) is 10.9 Å². The van der Waals surface area contributed by atoms with E-state index in [9.17, 15) is 15.2 Å². The maximum atomic E-state index is 12.8. The van der Waals surface area contributed by atoms with Crippen LogP contribution in [-0.4, -0.2) is 15.6 Å². The van der Waals surface area contributed by atoms with E-state index < -0.39 is 5.97 Å². The fraction of sp³-hybridized carbons (Fsp3) is 0.172. The lowest BCUT2D eigenvalue weighted by Gasteiger charge is -2.22. The van der Waals surface area contributed by atoms with Crippen LogP contribution in [0.2, 0.25) is 0 Å². The highest BCUT2D eigenvalue weighted by atomic mass is 32.1. The number of unbranched alkanes of at least 4 members (excludes halogenated alkanes) is 1. The molecule has 2 aromatic heterocycles. The summed E-state index contributed by atoms with van der Waals surface area (Å²) in [5.41, 5.74) is 3.85. The van der Waals surface area contributed by atoms with Crippen molar-refractivity contribution in [1.82, 2.24) is 4.57 Å². The van der Waals surface area contributed by atoms with Crippen LogP contribution >= 0.6 is 11.3 Å². The highest BCUT2D eigenvalue weighted by Crippen LogP contribution is 2.45. The summed E-state index contributed by atoms with van der Waals surface area (Å²) in [7, 11) is 0. The number of nitrogens with zero attached hydrogens (tertiary/aromatic N) is 2. The van der Waals surface area contributed by atoms with E-state index in [-0.39, 0.29) is 5.92 Å². The number of hydrogen-bond acceptors (Lipinski definition) is 3. The predicted octanol–water partition coefficient (Wildman–Crippen LogP) is 7.41. The van der Waals surface area contributed by atoms with Crippen LogP contribution in [0.15, 0.2) is 78.9 Å².